The monoisotopic (exact) mass is 302 g/mol. The van der Waals surface area contributed by atoms with Crippen LogP contribution in [0.4, 0.5) is 10.5 Å². The Morgan fingerprint density at radius 3 is 2.95 bits per heavy atom. The van der Waals surface area contributed by atoms with Gasteiger partial charge in [-0.1, -0.05) is 18.2 Å². The molecule has 2 N–H and O–H groups in total. The van der Waals surface area contributed by atoms with E-state index in [9.17, 15) is 9.59 Å². The first-order valence-electron chi connectivity index (χ1n) is 7.49. The number of Topliss-reactive ketones (excluding diaryl/α,β-unsaturated/α-hetero) is 1. The van der Waals surface area contributed by atoms with Crippen molar-refractivity contribution in [2.24, 2.45) is 0 Å². The van der Waals surface area contributed by atoms with E-state index in [0.717, 1.165) is 29.5 Å². The van der Waals surface area contributed by atoms with Crippen LogP contribution in [0.1, 0.15) is 35.7 Å². The zero-order chi connectivity index (χ0) is 15.9. The second kappa shape index (κ2) is 7.75. The first-order chi connectivity index (χ1) is 10.6. The summed E-state index contributed by atoms with van der Waals surface area (Å²) in [6.07, 6.45) is 2.42. The van der Waals surface area contributed by atoms with Crippen LogP contribution in [-0.2, 0) is 11.2 Å². The zero-order valence-electron chi connectivity index (χ0n) is 12.9. The van der Waals surface area contributed by atoms with Gasteiger partial charge in [-0.15, -0.1) is 0 Å². The lowest BCUT2D eigenvalue weighted by Crippen LogP contribution is -2.31. The van der Waals surface area contributed by atoms with Gasteiger partial charge in [0.1, 0.15) is 0 Å². The largest absolute Gasteiger partial charge is 0.375 e. The van der Waals surface area contributed by atoms with E-state index in [1.165, 1.54) is 0 Å². The minimum absolute atomic E-state index is 0.151. The van der Waals surface area contributed by atoms with Gasteiger partial charge in [-0.2, -0.15) is 0 Å². The summed E-state index contributed by atoms with van der Waals surface area (Å²) >= 11 is 0. The van der Waals surface area contributed by atoms with Crippen molar-refractivity contribution in [3.63, 3.8) is 0 Å². The molecule has 0 heterocycles. The Hall–Kier alpha value is -2.14. The number of rotatable bonds is 6. The highest BCUT2D eigenvalue weighted by Gasteiger charge is 2.17. The SMILES string of the molecule is C=C(C)COCCNC(=O)Nc1ccc2c(c1)C(=O)CCC2. The molecule has 0 bridgehead atoms. The molecule has 0 unspecified atom stereocenters. The molecule has 0 atom stereocenters. The topological polar surface area (TPSA) is 67.4 Å². The van der Waals surface area contributed by atoms with Crippen molar-refractivity contribution in [3.05, 3.63) is 41.5 Å². The third kappa shape index (κ3) is 4.70. The Labute approximate surface area is 130 Å². The highest BCUT2D eigenvalue weighted by Crippen LogP contribution is 2.24. The lowest BCUT2D eigenvalue weighted by Gasteiger charge is -2.16. The fourth-order valence-corrected chi connectivity index (χ4v) is 2.36. The summed E-state index contributed by atoms with van der Waals surface area (Å²) < 4.78 is 5.30. The number of urea groups is 1. The third-order valence-electron chi connectivity index (χ3n) is 3.40. The van der Waals surface area contributed by atoms with Crippen molar-refractivity contribution in [2.75, 3.05) is 25.1 Å². The maximum Gasteiger partial charge on any atom is 0.319 e. The predicted molar refractivity (Wildman–Crippen MR) is 86.4 cm³/mol. The van der Waals surface area contributed by atoms with E-state index in [4.69, 9.17) is 4.74 Å². The van der Waals surface area contributed by atoms with Crippen LogP contribution < -0.4 is 10.6 Å². The summed E-state index contributed by atoms with van der Waals surface area (Å²) in [5.41, 5.74) is 3.38. The number of ether oxygens (including phenoxy) is 1. The molecule has 1 aromatic carbocycles. The van der Waals surface area contributed by atoms with Crippen LogP contribution in [0.3, 0.4) is 0 Å². The van der Waals surface area contributed by atoms with E-state index in [1.807, 2.05) is 19.1 Å². The maximum atomic E-state index is 11.9. The Morgan fingerprint density at radius 2 is 2.18 bits per heavy atom. The summed E-state index contributed by atoms with van der Waals surface area (Å²) in [4.78, 5) is 23.6. The molecule has 1 aliphatic carbocycles. The van der Waals surface area contributed by atoms with E-state index in [2.05, 4.69) is 17.2 Å². The lowest BCUT2D eigenvalue weighted by molar-refractivity contribution is 0.0972. The Bertz CT molecular complexity index is 581. The fourth-order valence-electron chi connectivity index (χ4n) is 2.36. The number of amides is 2. The molecule has 0 saturated carbocycles. The van der Waals surface area contributed by atoms with Crippen molar-refractivity contribution in [2.45, 2.75) is 26.2 Å². The predicted octanol–water partition coefficient (Wildman–Crippen LogP) is 2.92. The zero-order valence-corrected chi connectivity index (χ0v) is 12.9. The van der Waals surface area contributed by atoms with Crippen molar-refractivity contribution in [3.8, 4) is 0 Å². The van der Waals surface area contributed by atoms with Crippen LogP contribution in [0.25, 0.3) is 0 Å². The van der Waals surface area contributed by atoms with Gasteiger partial charge < -0.3 is 15.4 Å². The standard InChI is InChI=1S/C17H22N2O3/c1-12(2)11-22-9-8-18-17(21)19-14-7-6-13-4-3-5-16(20)15(13)10-14/h6-7,10H,1,3-5,8-9,11H2,2H3,(H2,18,19,21). The van der Waals surface area contributed by atoms with Gasteiger partial charge in [0, 0.05) is 24.2 Å². The number of hydrogen-bond donors (Lipinski definition) is 2. The Balaban J connectivity index is 1.81. The molecule has 2 rings (SSSR count). The molecular weight excluding hydrogens is 280 g/mol. The third-order valence-corrected chi connectivity index (χ3v) is 3.40. The average molecular weight is 302 g/mol. The number of fused-ring (bicyclic) bond motifs is 1. The minimum atomic E-state index is -0.304. The average Bonchev–Trinajstić information content (AvgIpc) is 2.47. The van der Waals surface area contributed by atoms with Crippen LogP contribution in [0.15, 0.2) is 30.4 Å². The van der Waals surface area contributed by atoms with E-state index < -0.39 is 0 Å². The summed E-state index contributed by atoms with van der Waals surface area (Å²) in [7, 11) is 0. The highest BCUT2D eigenvalue weighted by atomic mass is 16.5. The van der Waals surface area contributed by atoms with Gasteiger partial charge in [0.25, 0.3) is 0 Å². The molecular formula is C17H22N2O3. The van der Waals surface area contributed by atoms with Crippen LogP contribution >= 0.6 is 0 Å². The lowest BCUT2D eigenvalue weighted by atomic mass is 9.90. The second-order valence-electron chi connectivity index (χ2n) is 5.54. The van der Waals surface area contributed by atoms with Gasteiger partial charge in [0.05, 0.1) is 13.2 Å². The van der Waals surface area contributed by atoms with Crippen LogP contribution in [0.5, 0.6) is 0 Å². The minimum Gasteiger partial charge on any atom is -0.375 e. The molecule has 0 radical (unpaired) electrons. The molecule has 5 nitrogen and oxygen atoms in total. The van der Waals surface area contributed by atoms with Gasteiger partial charge >= 0.3 is 6.03 Å². The van der Waals surface area contributed by atoms with Gasteiger partial charge in [-0.3, -0.25) is 4.79 Å². The number of anilines is 1. The van der Waals surface area contributed by atoms with Gasteiger partial charge in [0.15, 0.2) is 5.78 Å². The molecule has 1 aromatic rings. The number of nitrogens with one attached hydrogen (secondary N) is 2. The molecule has 0 spiro atoms. The van der Waals surface area contributed by atoms with Gasteiger partial charge in [-0.25, -0.2) is 4.79 Å². The van der Waals surface area contributed by atoms with E-state index >= 15 is 0 Å². The number of aryl methyl sites for hydroxylation is 1. The van der Waals surface area contributed by atoms with Gasteiger partial charge in [-0.05, 0) is 37.5 Å². The number of ketones is 1. The van der Waals surface area contributed by atoms with E-state index in [1.54, 1.807) is 6.07 Å². The van der Waals surface area contributed by atoms with Crippen LogP contribution in [0.2, 0.25) is 0 Å². The molecule has 2 amide bonds. The molecule has 5 heteroatoms. The summed E-state index contributed by atoms with van der Waals surface area (Å²) in [5.74, 6) is 0.151. The highest BCUT2D eigenvalue weighted by molar-refractivity contribution is 6.00. The second-order valence-corrected chi connectivity index (χ2v) is 5.54. The number of hydrogen-bond acceptors (Lipinski definition) is 3. The van der Waals surface area contributed by atoms with Crippen LogP contribution in [0, 0.1) is 0 Å². The molecule has 0 aromatic heterocycles. The van der Waals surface area contributed by atoms with Crippen molar-refractivity contribution >= 4 is 17.5 Å². The number of carbonyl (C=O) groups excluding carboxylic acids is 2. The first-order valence-corrected chi connectivity index (χ1v) is 7.49. The summed E-state index contributed by atoms with van der Waals surface area (Å²) in [6.45, 7) is 6.97. The van der Waals surface area contributed by atoms with Crippen molar-refractivity contribution in [1.82, 2.24) is 5.32 Å². The van der Waals surface area contributed by atoms with Crippen molar-refractivity contribution < 1.29 is 14.3 Å². The van der Waals surface area contributed by atoms with E-state index in [-0.39, 0.29) is 11.8 Å². The first kappa shape index (κ1) is 16.2. The molecule has 22 heavy (non-hydrogen) atoms. The number of carbonyl (C=O) groups is 2. The molecule has 0 saturated heterocycles. The summed E-state index contributed by atoms with van der Waals surface area (Å²) in [5, 5.41) is 5.44. The van der Waals surface area contributed by atoms with Crippen LogP contribution in [-0.4, -0.2) is 31.6 Å². The maximum absolute atomic E-state index is 11.9. The molecule has 118 valence electrons. The van der Waals surface area contributed by atoms with Gasteiger partial charge in [0.2, 0.25) is 0 Å². The summed E-state index contributed by atoms with van der Waals surface area (Å²) in [6, 6.07) is 5.20. The number of benzene rings is 1. The van der Waals surface area contributed by atoms with Crippen molar-refractivity contribution in [1.29, 1.82) is 0 Å². The molecule has 1 aliphatic rings. The quantitative estimate of drug-likeness (QED) is 0.627. The van der Waals surface area contributed by atoms with E-state index in [0.29, 0.717) is 31.9 Å². The Morgan fingerprint density at radius 1 is 1.36 bits per heavy atom. The Kier molecular flexibility index (Phi) is 5.72. The fraction of sp³-hybridized carbons (Fsp3) is 0.412. The smallest absolute Gasteiger partial charge is 0.319 e. The molecule has 0 aliphatic heterocycles. The molecule has 0 fully saturated rings. The normalized spacial score (nSPS) is 13.4.